The Morgan fingerprint density at radius 3 is 2.60 bits per heavy atom. The van der Waals surface area contributed by atoms with Gasteiger partial charge < -0.3 is 9.67 Å². The fourth-order valence-corrected chi connectivity index (χ4v) is 2.70. The van der Waals surface area contributed by atoms with Crippen LogP contribution in [0.25, 0.3) is 10.9 Å². The van der Waals surface area contributed by atoms with Gasteiger partial charge in [-0.1, -0.05) is 36.4 Å². The van der Waals surface area contributed by atoms with E-state index in [1.54, 1.807) is 0 Å². The number of fused-ring (bicyclic) bond motifs is 1. The number of rotatable bonds is 3. The van der Waals surface area contributed by atoms with E-state index in [1.807, 2.05) is 12.1 Å². The predicted octanol–water partition coefficient (Wildman–Crippen LogP) is 3.80. The van der Waals surface area contributed by atoms with Crippen molar-refractivity contribution in [2.75, 3.05) is 0 Å². The summed E-state index contributed by atoms with van der Waals surface area (Å²) in [5.74, 6) is 0. The molecule has 2 nitrogen and oxygen atoms in total. The van der Waals surface area contributed by atoms with Crippen LogP contribution in [0.1, 0.15) is 22.3 Å². The van der Waals surface area contributed by atoms with Gasteiger partial charge in [-0.15, -0.1) is 0 Å². The van der Waals surface area contributed by atoms with Crippen LogP contribution < -0.4 is 0 Å². The lowest BCUT2D eigenvalue weighted by Crippen LogP contribution is -2.01. The number of nitrogens with zero attached hydrogens (tertiary/aromatic N) is 1. The highest BCUT2D eigenvalue weighted by Gasteiger charge is 2.06. The standard InChI is InChI=1S/C18H19NO/c1-13-6-7-15(10-14(13)2)11-19-9-8-16-4-3-5-17(12-20)18(16)19/h3-10,20H,11-12H2,1-2H3. The zero-order valence-corrected chi connectivity index (χ0v) is 11.9. The first-order valence-electron chi connectivity index (χ1n) is 6.93. The summed E-state index contributed by atoms with van der Waals surface area (Å²) in [7, 11) is 0. The van der Waals surface area contributed by atoms with E-state index in [1.165, 1.54) is 22.1 Å². The van der Waals surface area contributed by atoms with Crippen molar-refractivity contribution in [2.45, 2.75) is 27.0 Å². The molecule has 0 aliphatic heterocycles. The highest BCUT2D eigenvalue weighted by molar-refractivity contribution is 5.83. The zero-order chi connectivity index (χ0) is 14.1. The molecule has 0 radical (unpaired) electrons. The van der Waals surface area contributed by atoms with Crippen molar-refractivity contribution in [1.82, 2.24) is 4.57 Å². The van der Waals surface area contributed by atoms with Gasteiger partial charge in [-0.2, -0.15) is 0 Å². The zero-order valence-electron chi connectivity index (χ0n) is 11.9. The topological polar surface area (TPSA) is 25.2 Å². The van der Waals surface area contributed by atoms with E-state index in [0.717, 1.165) is 17.6 Å². The van der Waals surface area contributed by atoms with Gasteiger partial charge in [0, 0.05) is 18.3 Å². The summed E-state index contributed by atoms with van der Waals surface area (Å²) in [6.07, 6.45) is 2.10. The average Bonchev–Trinajstić information content (AvgIpc) is 2.86. The molecule has 102 valence electrons. The fraction of sp³-hybridized carbons (Fsp3) is 0.222. The van der Waals surface area contributed by atoms with Crippen LogP contribution in [0.5, 0.6) is 0 Å². The minimum atomic E-state index is 0.0777. The molecular weight excluding hydrogens is 246 g/mol. The predicted molar refractivity (Wildman–Crippen MR) is 82.9 cm³/mol. The molecule has 2 heteroatoms. The molecule has 0 unspecified atom stereocenters. The number of aryl methyl sites for hydroxylation is 2. The van der Waals surface area contributed by atoms with Crippen molar-refractivity contribution in [2.24, 2.45) is 0 Å². The van der Waals surface area contributed by atoms with Gasteiger partial charge in [0.15, 0.2) is 0 Å². The number of hydrogen-bond acceptors (Lipinski definition) is 1. The molecule has 0 bridgehead atoms. The number of aliphatic hydroxyl groups is 1. The van der Waals surface area contributed by atoms with Crippen molar-refractivity contribution >= 4 is 10.9 Å². The summed E-state index contributed by atoms with van der Waals surface area (Å²) in [6, 6.07) is 14.8. The van der Waals surface area contributed by atoms with Gasteiger partial charge in [0.25, 0.3) is 0 Å². The lowest BCUT2D eigenvalue weighted by Gasteiger charge is -2.10. The van der Waals surface area contributed by atoms with E-state index < -0.39 is 0 Å². The third kappa shape index (κ3) is 2.23. The van der Waals surface area contributed by atoms with E-state index in [9.17, 15) is 5.11 Å². The Bertz CT molecular complexity index is 755. The van der Waals surface area contributed by atoms with Gasteiger partial charge in [0.2, 0.25) is 0 Å². The highest BCUT2D eigenvalue weighted by Crippen LogP contribution is 2.22. The Kier molecular flexibility index (Phi) is 3.33. The van der Waals surface area contributed by atoms with Gasteiger partial charge in [-0.05, 0) is 42.0 Å². The van der Waals surface area contributed by atoms with Crippen LogP contribution in [0.4, 0.5) is 0 Å². The highest BCUT2D eigenvalue weighted by atomic mass is 16.3. The average molecular weight is 265 g/mol. The summed E-state index contributed by atoms with van der Waals surface area (Å²) >= 11 is 0. The number of para-hydroxylation sites is 1. The summed E-state index contributed by atoms with van der Waals surface area (Å²) < 4.78 is 2.21. The molecular formula is C18H19NO. The van der Waals surface area contributed by atoms with Crippen molar-refractivity contribution in [3.05, 3.63) is 70.9 Å². The third-order valence-electron chi connectivity index (χ3n) is 3.97. The van der Waals surface area contributed by atoms with Crippen molar-refractivity contribution in [1.29, 1.82) is 0 Å². The van der Waals surface area contributed by atoms with Gasteiger partial charge in [-0.25, -0.2) is 0 Å². The Labute approximate surface area is 119 Å². The molecule has 0 atom stereocenters. The molecule has 0 fully saturated rings. The summed E-state index contributed by atoms with van der Waals surface area (Å²) in [6.45, 7) is 5.19. The van der Waals surface area contributed by atoms with Crippen LogP contribution in [0.3, 0.4) is 0 Å². The molecule has 2 aromatic carbocycles. The maximum Gasteiger partial charge on any atom is 0.0702 e. The molecule has 0 saturated heterocycles. The van der Waals surface area contributed by atoms with Gasteiger partial charge in [0.1, 0.15) is 0 Å². The molecule has 1 heterocycles. The van der Waals surface area contributed by atoms with E-state index in [4.69, 9.17) is 0 Å². The Hall–Kier alpha value is -2.06. The van der Waals surface area contributed by atoms with Crippen molar-refractivity contribution in [3.8, 4) is 0 Å². The van der Waals surface area contributed by atoms with Crippen LogP contribution >= 0.6 is 0 Å². The van der Waals surface area contributed by atoms with Crippen LogP contribution in [-0.4, -0.2) is 9.67 Å². The first kappa shape index (κ1) is 12.9. The lowest BCUT2D eigenvalue weighted by atomic mass is 10.1. The lowest BCUT2D eigenvalue weighted by molar-refractivity contribution is 0.283. The molecule has 3 rings (SSSR count). The first-order chi connectivity index (χ1) is 9.69. The van der Waals surface area contributed by atoms with Gasteiger partial charge >= 0.3 is 0 Å². The Morgan fingerprint density at radius 1 is 1.00 bits per heavy atom. The Balaban J connectivity index is 2.04. The van der Waals surface area contributed by atoms with Crippen LogP contribution in [0.15, 0.2) is 48.7 Å². The monoisotopic (exact) mass is 265 g/mol. The third-order valence-corrected chi connectivity index (χ3v) is 3.97. The van der Waals surface area contributed by atoms with E-state index >= 15 is 0 Å². The minimum absolute atomic E-state index is 0.0777. The summed E-state index contributed by atoms with van der Waals surface area (Å²) in [5.41, 5.74) is 6.05. The SMILES string of the molecule is Cc1ccc(Cn2ccc3cccc(CO)c32)cc1C. The largest absolute Gasteiger partial charge is 0.392 e. The second-order valence-corrected chi connectivity index (χ2v) is 5.38. The second-order valence-electron chi connectivity index (χ2n) is 5.38. The molecule has 0 aliphatic rings. The van der Waals surface area contributed by atoms with E-state index in [-0.39, 0.29) is 6.61 Å². The normalized spacial score (nSPS) is 11.2. The molecule has 20 heavy (non-hydrogen) atoms. The smallest absolute Gasteiger partial charge is 0.0702 e. The molecule has 0 spiro atoms. The second kappa shape index (κ2) is 5.14. The van der Waals surface area contributed by atoms with Gasteiger partial charge in [0.05, 0.1) is 12.1 Å². The van der Waals surface area contributed by atoms with Crippen LogP contribution in [0.2, 0.25) is 0 Å². The Morgan fingerprint density at radius 2 is 1.85 bits per heavy atom. The van der Waals surface area contributed by atoms with Crippen LogP contribution in [-0.2, 0) is 13.2 Å². The maximum atomic E-state index is 9.51. The number of aliphatic hydroxyl groups excluding tert-OH is 1. The summed E-state index contributed by atoms with van der Waals surface area (Å²) in [5, 5.41) is 10.7. The van der Waals surface area contributed by atoms with Crippen LogP contribution in [0, 0.1) is 13.8 Å². The molecule has 1 N–H and O–H groups in total. The van der Waals surface area contributed by atoms with Crippen molar-refractivity contribution < 1.29 is 5.11 Å². The first-order valence-corrected chi connectivity index (χ1v) is 6.93. The van der Waals surface area contributed by atoms with E-state index in [0.29, 0.717) is 0 Å². The fourth-order valence-electron chi connectivity index (χ4n) is 2.70. The molecule has 3 aromatic rings. The molecule has 0 saturated carbocycles. The molecule has 0 amide bonds. The summed E-state index contributed by atoms with van der Waals surface area (Å²) in [4.78, 5) is 0. The maximum absolute atomic E-state index is 9.51. The number of aromatic nitrogens is 1. The molecule has 1 aromatic heterocycles. The minimum Gasteiger partial charge on any atom is -0.392 e. The quantitative estimate of drug-likeness (QED) is 0.765. The molecule has 0 aliphatic carbocycles. The number of benzene rings is 2. The van der Waals surface area contributed by atoms with E-state index in [2.05, 4.69) is 54.9 Å². The number of hydrogen-bond donors (Lipinski definition) is 1. The van der Waals surface area contributed by atoms with Gasteiger partial charge in [-0.3, -0.25) is 0 Å². The van der Waals surface area contributed by atoms with Crippen molar-refractivity contribution in [3.63, 3.8) is 0 Å².